The Morgan fingerprint density at radius 1 is 1.21 bits per heavy atom. The lowest BCUT2D eigenvalue weighted by Gasteiger charge is -2.09. The summed E-state index contributed by atoms with van der Waals surface area (Å²) in [6.45, 7) is 2.81. The summed E-state index contributed by atoms with van der Waals surface area (Å²) in [4.78, 5) is 17.2. The Morgan fingerprint density at radius 2 is 2.03 bits per heavy atom. The van der Waals surface area contributed by atoms with Crippen molar-refractivity contribution in [3.05, 3.63) is 69.7 Å². The molecule has 1 aromatic carbocycles. The second kappa shape index (κ2) is 6.93. The number of aromatic nitrogens is 6. The lowest BCUT2D eigenvalue weighted by atomic mass is 9.99. The van der Waals surface area contributed by atoms with Gasteiger partial charge in [0.2, 0.25) is 5.89 Å². The molecule has 1 saturated heterocycles. The first-order valence-electron chi connectivity index (χ1n) is 9.48. The van der Waals surface area contributed by atoms with Gasteiger partial charge in [0.15, 0.2) is 11.3 Å². The molecule has 1 fully saturated rings. The fourth-order valence-electron chi connectivity index (χ4n) is 3.69. The van der Waals surface area contributed by atoms with E-state index in [9.17, 15) is 4.79 Å². The number of hydrogen-bond acceptors (Lipinski definition) is 7. The van der Waals surface area contributed by atoms with Gasteiger partial charge in [0.1, 0.15) is 12.1 Å². The fraction of sp³-hybridized carbons (Fsp3) is 0.350. The third-order valence-electron chi connectivity index (χ3n) is 5.33. The number of ether oxygens (including phenoxy) is 1. The Bertz CT molecular complexity index is 1220. The van der Waals surface area contributed by atoms with Crippen molar-refractivity contribution >= 4 is 11.0 Å². The summed E-state index contributed by atoms with van der Waals surface area (Å²) < 4.78 is 14.3. The van der Waals surface area contributed by atoms with Crippen LogP contribution in [0.3, 0.4) is 0 Å². The van der Waals surface area contributed by atoms with Gasteiger partial charge >= 0.3 is 0 Å². The first-order valence-corrected chi connectivity index (χ1v) is 9.48. The largest absolute Gasteiger partial charge is 0.373 e. The zero-order valence-corrected chi connectivity index (χ0v) is 16.1. The Labute approximate surface area is 165 Å². The lowest BCUT2D eigenvalue weighted by molar-refractivity contribution is 0.110. The molecule has 3 aromatic heterocycles. The molecule has 0 N–H and O–H groups in total. The molecule has 0 aliphatic carbocycles. The molecule has 0 saturated carbocycles. The second-order valence-electron chi connectivity index (χ2n) is 7.41. The average Bonchev–Trinajstić information content (AvgIpc) is 3.45. The van der Waals surface area contributed by atoms with Crippen LogP contribution in [-0.2, 0) is 18.3 Å². The Morgan fingerprint density at radius 3 is 2.86 bits per heavy atom. The van der Waals surface area contributed by atoms with Crippen LogP contribution in [0.1, 0.15) is 41.3 Å². The molecule has 0 spiro atoms. The molecular weight excluding hydrogens is 372 g/mol. The van der Waals surface area contributed by atoms with Crippen molar-refractivity contribution in [2.75, 3.05) is 6.61 Å². The van der Waals surface area contributed by atoms with Crippen molar-refractivity contribution in [2.24, 2.45) is 7.05 Å². The summed E-state index contributed by atoms with van der Waals surface area (Å²) in [5, 5.41) is 12.0. The third kappa shape index (κ3) is 3.23. The summed E-state index contributed by atoms with van der Waals surface area (Å²) in [7, 11) is 1.69. The maximum atomic E-state index is 12.7. The summed E-state index contributed by atoms with van der Waals surface area (Å²) in [6.07, 6.45) is 2.49. The summed E-state index contributed by atoms with van der Waals surface area (Å²) >= 11 is 0. The highest BCUT2D eigenvalue weighted by atomic mass is 16.5. The van der Waals surface area contributed by atoms with Gasteiger partial charge < -0.3 is 13.8 Å². The molecule has 148 valence electrons. The quantitative estimate of drug-likeness (QED) is 0.524. The molecule has 9 heteroatoms. The molecule has 9 nitrogen and oxygen atoms in total. The molecular formula is C20H20N6O3. The SMILES string of the molecule is Cc1ccc([C@H]2C[C@H](c3noc(Cn4ccc5nnn(C)c5c4=O)n3)CO2)cc1. The fourth-order valence-corrected chi connectivity index (χ4v) is 3.69. The first-order chi connectivity index (χ1) is 14.1. The number of pyridine rings is 1. The molecule has 0 amide bonds. The molecule has 1 aliphatic heterocycles. The highest BCUT2D eigenvalue weighted by Gasteiger charge is 2.31. The van der Waals surface area contributed by atoms with Gasteiger partial charge in [0.05, 0.1) is 12.7 Å². The molecule has 2 atom stereocenters. The number of aryl methyl sites for hydroxylation is 2. The zero-order chi connectivity index (χ0) is 20.0. The van der Waals surface area contributed by atoms with Crippen LogP contribution in [0.25, 0.3) is 11.0 Å². The molecule has 0 bridgehead atoms. The zero-order valence-electron chi connectivity index (χ0n) is 16.1. The van der Waals surface area contributed by atoms with E-state index in [0.717, 1.165) is 12.0 Å². The normalized spacial score (nSPS) is 19.2. The first kappa shape index (κ1) is 17.7. The van der Waals surface area contributed by atoms with Crippen molar-refractivity contribution < 1.29 is 9.26 Å². The van der Waals surface area contributed by atoms with Crippen molar-refractivity contribution in [3.63, 3.8) is 0 Å². The van der Waals surface area contributed by atoms with Gasteiger partial charge in [-0.25, -0.2) is 4.68 Å². The maximum Gasteiger partial charge on any atom is 0.278 e. The molecule has 4 aromatic rings. The van der Waals surface area contributed by atoms with Crippen molar-refractivity contribution in [1.29, 1.82) is 0 Å². The van der Waals surface area contributed by atoms with Crippen molar-refractivity contribution in [2.45, 2.75) is 31.9 Å². The van der Waals surface area contributed by atoms with Gasteiger partial charge in [-0.05, 0) is 25.0 Å². The number of nitrogens with zero attached hydrogens (tertiary/aromatic N) is 6. The minimum atomic E-state index is -0.196. The summed E-state index contributed by atoms with van der Waals surface area (Å²) in [5.74, 6) is 1.07. The van der Waals surface area contributed by atoms with E-state index in [1.807, 2.05) is 0 Å². The third-order valence-corrected chi connectivity index (χ3v) is 5.33. The highest BCUT2D eigenvalue weighted by Crippen LogP contribution is 2.37. The second-order valence-corrected chi connectivity index (χ2v) is 7.41. The van der Waals surface area contributed by atoms with Crippen LogP contribution in [0.2, 0.25) is 0 Å². The summed E-state index contributed by atoms with van der Waals surface area (Å²) in [5.41, 5.74) is 3.19. The lowest BCUT2D eigenvalue weighted by Crippen LogP contribution is -2.21. The number of hydrogen-bond donors (Lipinski definition) is 0. The van der Waals surface area contributed by atoms with E-state index in [1.54, 1.807) is 19.3 Å². The molecule has 4 heterocycles. The number of benzene rings is 1. The van der Waals surface area contributed by atoms with Gasteiger partial charge in [-0.1, -0.05) is 40.2 Å². The van der Waals surface area contributed by atoms with Crippen molar-refractivity contribution in [1.82, 2.24) is 29.7 Å². The van der Waals surface area contributed by atoms with E-state index in [4.69, 9.17) is 9.26 Å². The Balaban J connectivity index is 1.32. The molecule has 5 rings (SSSR count). The van der Waals surface area contributed by atoms with Gasteiger partial charge in [0, 0.05) is 19.2 Å². The highest BCUT2D eigenvalue weighted by molar-refractivity contribution is 5.72. The van der Waals surface area contributed by atoms with E-state index < -0.39 is 0 Å². The molecule has 1 aliphatic rings. The van der Waals surface area contributed by atoms with E-state index in [0.29, 0.717) is 29.4 Å². The molecule has 29 heavy (non-hydrogen) atoms. The van der Waals surface area contributed by atoms with Crippen LogP contribution < -0.4 is 5.56 Å². The van der Waals surface area contributed by atoms with Crippen molar-refractivity contribution in [3.8, 4) is 0 Å². The predicted octanol–water partition coefficient (Wildman–Crippen LogP) is 2.11. The van der Waals surface area contributed by atoms with E-state index in [1.165, 1.54) is 14.8 Å². The molecule has 0 radical (unpaired) electrons. The minimum Gasteiger partial charge on any atom is -0.373 e. The van der Waals surface area contributed by atoms with Crippen LogP contribution in [0.15, 0.2) is 45.8 Å². The molecule has 0 unspecified atom stereocenters. The Hall–Kier alpha value is -3.33. The topological polar surface area (TPSA) is 101 Å². The van der Waals surface area contributed by atoms with E-state index in [2.05, 4.69) is 51.6 Å². The van der Waals surface area contributed by atoms with E-state index >= 15 is 0 Å². The predicted molar refractivity (Wildman–Crippen MR) is 103 cm³/mol. The monoisotopic (exact) mass is 392 g/mol. The Kier molecular flexibility index (Phi) is 4.24. The number of fused-ring (bicyclic) bond motifs is 1. The van der Waals surface area contributed by atoms with Crippen LogP contribution >= 0.6 is 0 Å². The van der Waals surface area contributed by atoms with Gasteiger partial charge in [-0.3, -0.25) is 4.79 Å². The van der Waals surface area contributed by atoms with E-state index in [-0.39, 0.29) is 24.1 Å². The van der Waals surface area contributed by atoms with Gasteiger partial charge in [-0.15, -0.1) is 5.10 Å². The minimum absolute atomic E-state index is 0.0323. The van der Waals surface area contributed by atoms with Gasteiger partial charge in [-0.2, -0.15) is 4.98 Å². The summed E-state index contributed by atoms with van der Waals surface area (Å²) in [6, 6.07) is 10.1. The van der Waals surface area contributed by atoms with Crippen LogP contribution in [0.4, 0.5) is 0 Å². The van der Waals surface area contributed by atoms with Crippen LogP contribution in [-0.4, -0.2) is 36.3 Å². The average molecular weight is 392 g/mol. The van der Waals surface area contributed by atoms with Gasteiger partial charge in [0.25, 0.3) is 5.56 Å². The maximum absolute atomic E-state index is 12.7. The standard InChI is InChI=1S/C20H20N6O3/c1-12-3-5-13(6-4-12)16-9-14(11-28-16)19-21-17(29-23-19)10-26-8-7-15-18(20(26)27)25(2)24-22-15/h3-8,14,16H,9-11H2,1-2H3/t14-,16+/m0/s1. The van der Waals surface area contributed by atoms with Crippen LogP contribution in [0.5, 0.6) is 0 Å². The van der Waals surface area contributed by atoms with Crippen LogP contribution in [0, 0.1) is 6.92 Å². The smallest absolute Gasteiger partial charge is 0.278 e. The number of rotatable bonds is 4.